The van der Waals surface area contributed by atoms with Crippen molar-refractivity contribution in [1.82, 2.24) is 37.7 Å². The van der Waals surface area contributed by atoms with Crippen molar-refractivity contribution in [2.75, 3.05) is 27.3 Å². The van der Waals surface area contributed by atoms with Gasteiger partial charge < -0.3 is 19.5 Å². The summed E-state index contributed by atoms with van der Waals surface area (Å²) in [4.78, 5) is 41.7. The number of sulfonamides is 2. The fourth-order valence-electron chi connectivity index (χ4n) is 8.78. The Morgan fingerprint density at radius 1 is 0.613 bits per heavy atom. The van der Waals surface area contributed by atoms with Crippen molar-refractivity contribution in [3.63, 3.8) is 0 Å². The van der Waals surface area contributed by atoms with Crippen LogP contribution < -0.4 is 26.1 Å². The molecule has 0 radical (unpaired) electrons. The van der Waals surface area contributed by atoms with E-state index in [1.54, 1.807) is 24.3 Å². The average molecular weight is 1240 g/mol. The zero-order valence-corrected chi connectivity index (χ0v) is 46.7. The number of hydrogen-bond donors (Lipinski definition) is 2. The van der Waals surface area contributed by atoms with Gasteiger partial charge in [0.25, 0.3) is 11.1 Å². The number of hydrogen-bond acceptors (Lipinski definition) is 14. The van der Waals surface area contributed by atoms with E-state index in [-0.39, 0.29) is 116 Å². The van der Waals surface area contributed by atoms with Crippen LogP contribution in [0.5, 0.6) is 11.5 Å². The van der Waals surface area contributed by atoms with Crippen LogP contribution in [0.15, 0.2) is 136 Å². The van der Waals surface area contributed by atoms with Gasteiger partial charge in [-0.1, -0.05) is 35.3 Å². The fourth-order valence-corrected chi connectivity index (χ4v) is 12.3. The van der Waals surface area contributed by atoms with E-state index in [0.29, 0.717) is 28.3 Å². The van der Waals surface area contributed by atoms with Gasteiger partial charge in [0.15, 0.2) is 0 Å². The summed E-state index contributed by atoms with van der Waals surface area (Å²) < 4.78 is 124. The molecule has 8 aromatic rings. The van der Waals surface area contributed by atoms with Crippen LogP contribution in [0.2, 0.25) is 10.0 Å². The lowest BCUT2D eigenvalue weighted by Gasteiger charge is -2.30. The molecule has 6 heterocycles. The van der Waals surface area contributed by atoms with Gasteiger partial charge in [0.2, 0.25) is 20.0 Å². The Hall–Kier alpha value is -6.88. The SMILES string of the molecule is COc1cc(-c2cc(F)cc(Cl)c2)c(F)cc1-n1c2c(ccc1=O)CN(S(=O)(=O)Cc1ncccn1)CC2.COc1cc(Br)c(F)cc1-n1c2c(ccc1=O)CN(S(=O)(=O)Cc1ncccn1)CC2.OB(O)c1cc(F)cc(Cl)c1. The second-order valence-electron chi connectivity index (χ2n) is 17.6. The molecule has 2 aliphatic rings. The Balaban J connectivity index is 0.000000179. The molecule has 0 aliphatic carbocycles. The van der Waals surface area contributed by atoms with Crippen molar-refractivity contribution in [1.29, 1.82) is 0 Å². The molecule has 0 saturated heterocycles. The van der Waals surface area contributed by atoms with Crippen LogP contribution in [0.4, 0.5) is 17.6 Å². The normalized spacial score (nSPS) is 13.4. The molecule has 0 spiro atoms. The molecule has 2 N–H and O–H groups in total. The molecule has 0 unspecified atom stereocenters. The second kappa shape index (κ2) is 25.3. The van der Waals surface area contributed by atoms with Gasteiger partial charge in [-0.25, -0.2) is 54.3 Å². The number of methoxy groups -OCH3 is 2. The van der Waals surface area contributed by atoms with E-state index in [0.717, 1.165) is 30.3 Å². The largest absolute Gasteiger partial charge is 0.495 e. The van der Waals surface area contributed by atoms with E-state index >= 15 is 4.39 Å². The quantitative estimate of drug-likeness (QED) is 0.0958. The number of aromatic nitrogens is 6. The zero-order valence-electron chi connectivity index (χ0n) is 42.0. The summed E-state index contributed by atoms with van der Waals surface area (Å²) in [6.45, 7) is 0.394. The molecule has 80 heavy (non-hydrogen) atoms. The van der Waals surface area contributed by atoms with Crippen molar-refractivity contribution >= 4 is 71.8 Å². The van der Waals surface area contributed by atoms with Crippen molar-refractivity contribution < 1.29 is 53.9 Å². The maximum absolute atomic E-state index is 15.4. The number of rotatable bonds is 12. The second-order valence-corrected chi connectivity index (χ2v) is 23.3. The molecule has 0 fully saturated rings. The third-order valence-electron chi connectivity index (χ3n) is 12.4. The van der Waals surface area contributed by atoms with Gasteiger partial charge in [0, 0.05) is 115 Å². The standard InChI is InChI=1S/C26H21ClF2N4O4S.C20H18BrFN4O4S.C6H5BClFO2/c1-37-24-12-20(17-9-18(27)11-19(28)10-17)21(29)13-23(24)33-22-5-8-32(14-16(22)3-4-26(33)34)38(35,36)15-25-30-6-2-7-31-25;1-30-18-9-14(21)15(22)10-17(18)26-16-5-8-25(11-13(16)3-4-20(26)27)31(28,29)12-19-23-6-2-7-24-19;8-5-1-4(7(10)11)2-6(9)3-5/h2-4,6-7,9-13H,5,8,14-15H2,1H3;2-4,6-7,9-10H,5,8,11-12H2,1H3;1-3,10-11H. The molecule has 0 saturated carbocycles. The fraction of sp³-hybridized carbons (Fsp3) is 0.192. The van der Waals surface area contributed by atoms with Crippen LogP contribution in [0.3, 0.4) is 0 Å². The highest BCUT2D eigenvalue weighted by Gasteiger charge is 2.32. The minimum Gasteiger partial charge on any atom is -0.495 e. The summed E-state index contributed by atoms with van der Waals surface area (Å²) in [6, 6.07) is 21.3. The number of ether oxygens (including phenoxy) is 2. The highest BCUT2D eigenvalue weighted by molar-refractivity contribution is 9.10. The predicted octanol–water partition coefficient (Wildman–Crippen LogP) is 6.71. The minimum atomic E-state index is -3.73. The Morgan fingerprint density at radius 3 is 1.51 bits per heavy atom. The number of nitrogens with zero attached hydrogens (tertiary/aromatic N) is 8. The third-order valence-corrected chi connectivity index (χ3v) is 16.9. The Kier molecular flexibility index (Phi) is 18.7. The van der Waals surface area contributed by atoms with Gasteiger partial charge in [-0.3, -0.25) is 18.7 Å². The van der Waals surface area contributed by atoms with Crippen molar-refractivity contribution in [3.8, 4) is 34.0 Å². The number of fused-ring (bicyclic) bond motifs is 2. The molecule has 4 aromatic carbocycles. The monoisotopic (exact) mass is 1240 g/mol. The molecular formula is C52H44BBrCl2F4N8O10S2. The highest BCUT2D eigenvalue weighted by Crippen LogP contribution is 2.36. The lowest BCUT2D eigenvalue weighted by atomic mass is 9.80. The Bertz CT molecular complexity index is 3940. The molecule has 18 nitrogen and oxygen atoms in total. The van der Waals surface area contributed by atoms with Crippen molar-refractivity contribution in [3.05, 3.63) is 215 Å². The van der Waals surface area contributed by atoms with Crippen LogP contribution in [-0.2, 0) is 57.5 Å². The molecule has 0 atom stereocenters. The summed E-state index contributed by atoms with van der Waals surface area (Å²) >= 11 is 14.5. The summed E-state index contributed by atoms with van der Waals surface area (Å²) in [5, 5.41) is 17.5. The minimum absolute atomic E-state index is 0.0233. The van der Waals surface area contributed by atoms with Crippen LogP contribution in [-0.4, -0.2) is 99.0 Å². The van der Waals surface area contributed by atoms with Gasteiger partial charge >= 0.3 is 7.12 Å². The lowest BCUT2D eigenvalue weighted by molar-refractivity contribution is 0.381. The van der Waals surface area contributed by atoms with Gasteiger partial charge in [-0.15, -0.1) is 0 Å². The smallest absolute Gasteiger partial charge is 0.488 e. The van der Waals surface area contributed by atoms with E-state index in [1.165, 1.54) is 99.2 Å². The first-order valence-corrected chi connectivity index (χ1v) is 28.5. The van der Waals surface area contributed by atoms with Crippen molar-refractivity contribution in [2.24, 2.45) is 0 Å². The predicted molar refractivity (Wildman–Crippen MR) is 294 cm³/mol. The maximum Gasteiger partial charge on any atom is 0.488 e. The first-order chi connectivity index (χ1) is 38.0. The summed E-state index contributed by atoms with van der Waals surface area (Å²) in [7, 11) is -6.27. The van der Waals surface area contributed by atoms with Crippen LogP contribution in [0.1, 0.15) is 34.2 Å². The van der Waals surface area contributed by atoms with Gasteiger partial charge in [-0.2, -0.15) is 8.61 Å². The van der Waals surface area contributed by atoms with Gasteiger partial charge in [0.1, 0.15) is 57.9 Å². The lowest BCUT2D eigenvalue weighted by Crippen LogP contribution is -2.39. The van der Waals surface area contributed by atoms with Crippen LogP contribution >= 0.6 is 39.1 Å². The molecule has 10 rings (SSSR count). The summed E-state index contributed by atoms with van der Waals surface area (Å²) in [5.74, 6) is -2.23. The third kappa shape index (κ3) is 13.8. The molecule has 0 bridgehead atoms. The van der Waals surface area contributed by atoms with Crippen molar-refractivity contribution in [2.45, 2.75) is 37.4 Å². The first kappa shape index (κ1) is 59.3. The maximum atomic E-state index is 15.4. The Morgan fingerprint density at radius 2 is 1.06 bits per heavy atom. The topological polar surface area (TPSA) is 229 Å². The van der Waals surface area contributed by atoms with E-state index in [4.69, 9.17) is 42.7 Å². The highest BCUT2D eigenvalue weighted by atomic mass is 79.9. The van der Waals surface area contributed by atoms with E-state index < -0.39 is 56.0 Å². The first-order valence-electron chi connectivity index (χ1n) is 23.7. The Labute approximate surface area is 473 Å². The van der Waals surface area contributed by atoms with Gasteiger partial charge in [-0.05, 0) is 98.7 Å². The summed E-state index contributed by atoms with van der Waals surface area (Å²) in [5.41, 5.74) is 2.35. The molecular weight excluding hydrogens is 1200 g/mol. The molecule has 28 heteroatoms. The van der Waals surface area contributed by atoms with E-state index in [9.17, 15) is 39.6 Å². The number of pyridine rings is 2. The average Bonchev–Trinajstić information content (AvgIpc) is 3.45. The van der Waals surface area contributed by atoms with Gasteiger partial charge in [0.05, 0.1) is 30.1 Å². The number of halogens is 7. The van der Waals surface area contributed by atoms with Crippen LogP contribution in [0.25, 0.3) is 22.5 Å². The zero-order chi connectivity index (χ0) is 57.6. The van der Waals surface area contributed by atoms with E-state index in [2.05, 4.69) is 35.9 Å². The molecule has 4 aromatic heterocycles. The van der Waals surface area contributed by atoms with Crippen LogP contribution in [0, 0.1) is 23.3 Å². The molecule has 416 valence electrons. The molecule has 0 amide bonds. The summed E-state index contributed by atoms with van der Waals surface area (Å²) in [6.07, 6.45) is 6.42. The molecule has 2 aliphatic heterocycles. The van der Waals surface area contributed by atoms with E-state index in [1.807, 2.05) is 0 Å². The number of benzene rings is 4.